The SMILES string of the molecule is CSCCC(=O)N1CCCC(N(C)Cc2nccc(N)n2)CC1. The van der Waals surface area contributed by atoms with E-state index in [1.165, 1.54) is 0 Å². The molecule has 1 aliphatic heterocycles. The number of hydrogen-bond donors (Lipinski definition) is 1. The van der Waals surface area contributed by atoms with Crippen molar-refractivity contribution in [2.75, 3.05) is 37.9 Å². The summed E-state index contributed by atoms with van der Waals surface area (Å²) in [6, 6.07) is 2.16. The number of nitrogen functional groups attached to an aromatic ring is 1. The number of likely N-dealkylation sites (tertiary alicyclic amines) is 1. The lowest BCUT2D eigenvalue weighted by Gasteiger charge is -2.26. The van der Waals surface area contributed by atoms with Gasteiger partial charge < -0.3 is 10.6 Å². The van der Waals surface area contributed by atoms with Crippen LogP contribution in [-0.2, 0) is 11.3 Å². The minimum Gasteiger partial charge on any atom is -0.384 e. The number of aromatic nitrogens is 2. The van der Waals surface area contributed by atoms with Crippen LogP contribution in [0.3, 0.4) is 0 Å². The number of anilines is 1. The highest BCUT2D eigenvalue weighted by Crippen LogP contribution is 2.18. The van der Waals surface area contributed by atoms with E-state index in [2.05, 4.69) is 21.9 Å². The molecule has 1 amide bonds. The maximum Gasteiger partial charge on any atom is 0.223 e. The lowest BCUT2D eigenvalue weighted by molar-refractivity contribution is -0.130. The van der Waals surface area contributed by atoms with Crippen LogP contribution in [-0.4, -0.2) is 63.9 Å². The highest BCUT2D eigenvalue weighted by molar-refractivity contribution is 7.98. The number of hydrogen-bond acceptors (Lipinski definition) is 6. The summed E-state index contributed by atoms with van der Waals surface area (Å²) in [7, 11) is 2.10. The Morgan fingerprint density at radius 2 is 2.30 bits per heavy atom. The summed E-state index contributed by atoms with van der Waals surface area (Å²) in [4.78, 5) is 25.0. The first kappa shape index (κ1) is 18.0. The van der Waals surface area contributed by atoms with Gasteiger partial charge in [0.25, 0.3) is 0 Å². The quantitative estimate of drug-likeness (QED) is 0.850. The average Bonchev–Trinajstić information content (AvgIpc) is 2.78. The molecule has 2 rings (SSSR count). The van der Waals surface area contributed by atoms with Gasteiger partial charge in [-0.25, -0.2) is 9.97 Å². The second-order valence-corrected chi connectivity index (χ2v) is 7.01. The van der Waals surface area contributed by atoms with Gasteiger partial charge in [0.1, 0.15) is 11.6 Å². The fourth-order valence-corrected chi connectivity index (χ4v) is 3.34. The molecule has 1 aromatic heterocycles. The Bertz CT molecular complexity index is 513. The maximum absolute atomic E-state index is 12.2. The number of carbonyl (C=O) groups is 1. The van der Waals surface area contributed by atoms with E-state index in [-0.39, 0.29) is 0 Å². The van der Waals surface area contributed by atoms with E-state index in [0.717, 1.165) is 43.9 Å². The van der Waals surface area contributed by atoms with Crippen molar-refractivity contribution in [2.24, 2.45) is 0 Å². The summed E-state index contributed by atoms with van der Waals surface area (Å²) in [6.45, 7) is 2.42. The Balaban J connectivity index is 1.85. The van der Waals surface area contributed by atoms with Crippen molar-refractivity contribution in [2.45, 2.75) is 38.3 Å². The summed E-state index contributed by atoms with van der Waals surface area (Å²) >= 11 is 1.73. The van der Waals surface area contributed by atoms with Crippen molar-refractivity contribution >= 4 is 23.5 Å². The Morgan fingerprint density at radius 3 is 3.04 bits per heavy atom. The Morgan fingerprint density at radius 1 is 1.48 bits per heavy atom. The monoisotopic (exact) mass is 337 g/mol. The van der Waals surface area contributed by atoms with Gasteiger partial charge in [0.2, 0.25) is 5.91 Å². The number of rotatable bonds is 6. The summed E-state index contributed by atoms with van der Waals surface area (Å²) in [5.74, 6) is 2.46. The smallest absolute Gasteiger partial charge is 0.223 e. The molecule has 1 fully saturated rings. The van der Waals surface area contributed by atoms with Crippen molar-refractivity contribution in [1.29, 1.82) is 0 Å². The lowest BCUT2D eigenvalue weighted by Crippen LogP contribution is -2.35. The van der Waals surface area contributed by atoms with Crippen LogP contribution in [0.1, 0.15) is 31.5 Å². The first-order valence-corrected chi connectivity index (χ1v) is 9.54. The van der Waals surface area contributed by atoms with Gasteiger partial charge in [-0.1, -0.05) is 0 Å². The molecule has 1 saturated heterocycles. The summed E-state index contributed by atoms with van der Waals surface area (Å²) in [6.07, 6.45) is 7.55. The van der Waals surface area contributed by atoms with Gasteiger partial charge in [0, 0.05) is 37.5 Å². The van der Waals surface area contributed by atoms with Crippen LogP contribution in [0.15, 0.2) is 12.3 Å². The van der Waals surface area contributed by atoms with Crippen molar-refractivity contribution in [1.82, 2.24) is 19.8 Å². The van der Waals surface area contributed by atoms with E-state index in [9.17, 15) is 4.79 Å². The van der Waals surface area contributed by atoms with Crippen molar-refractivity contribution in [3.8, 4) is 0 Å². The largest absolute Gasteiger partial charge is 0.384 e. The van der Waals surface area contributed by atoms with Crippen LogP contribution in [0, 0.1) is 0 Å². The lowest BCUT2D eigenvalue weighted by atomic mass is 10.1. The molecule has 1 unspecified atom stereocenters. The van der Waals surface area contributed by atoms with E-state index in [0.29, 0.717) is 30.7 Å². The zero-order valence-electron chi connectivity index (χ0n) is 14.1. The minimum absolute atomic E-state index is 0.293. The molecule has 0 aliphatic carbocycles. The molecule has 1 atom stereocenters. The van der Waals surface area contributed by atoms with Crippen LogP contribution in [0.2, 0.25) is 0 Å². The van der Waals surface area contributed by atoms with Crippen LogP contribution in [0.25, 0.3) is 0 Å². The number of nitrogens with zero attached hydrogens (tertiary/aromatic N) is 4. The number of thioether (sulfide) groups is 1. The van der Waals surface area contributed by atoms with Crippen molar-refractivity contribution in [3.63, 3.8) is 0 Å². The fourth-order valence-electron chi connectivity index (χ4n) is 2.96. The Kier molecular flexibility index (Phi) is 7.11. The molecule has 23 heavy (non-hydrogen) atoms. The van der Waals surface area contributed by atoms with E-state index >= 15 is 0 Å². The first-order valence-electron chi connectivity index (χ1n) is 8.14. The van der Waals surface area contributed by atoms with Crippen molar-refractivity contribution in [3.05, 3.63) is 18.1 Å². The predicted molar refractivity (Wildman–Crippen MR) is 95.1 cm³/mol. The highest BCUT2D eigenvalue weighted by atomic mass is 32.2. The van der Waals surface area contributed by atoms with Crippen LogP contribution < -0.4 is 5.73 Å². The van der Waals surface area contributed by atoms with Crippen LogP contribution >= 0.6 is 11.8 Å². The number of nitrogens with two attached hydrogens (primary N) is 1. The van der Waals surface area contributed by atoms with Crippen molar-refractivity contribution < 1.29 is 4.79 Å². The molecule has 128 valence electrons. The van der Waals surface area contributed by atoms with Crippen LogP contribution in [0.4, 0.5) is 5.82 Å². The van der Waals surface area contributed by atoms with E-state index < -0.39 is 0 Å². The van der Waals surface area contributed by atoms with Gasteiger partial charge in [-0.15, -0.1) is 0 Å². The minimum atomic E-state index is 0.293. The number of carbonyl (C=O) groups excluding carboxylic acids is 1. The van der Waals surface area contributed by atoms with Gasteiger partial charge >= 0.3 is 0 Å². The van der Waals surface area contributed by atoms with Gasteiger partial charge in [-0.05, 0) is 38.6 Å². The van der Waals surface area contributed by atoms with Gasteiger partial charge in [-0.2, -0.15) is 11.8 Å². The molecule has 0 aromatic carbocycles. The molecule has 0 bridgehead atoms. The zero-order chi connectivity index (χ0) is 16.7. The zero-order valence-corrected chi connectivity index (χ0v) is 14.9. The Hall–Kier alpha value is -1.34. The normalized spacial score (nSPS) is 18.9. The third-order valence-corrected chi connectivity index (χ3v) is 4.92. The molecular formula is C16H27N5OS. The topological polar surface area (TPSA) is 75.4 Å². The Labute approximate surface area is 142 Å². The molecule has 0 saturated carbocycles. The second kappa shape index (κ2) is 9.08. The van der Waals surface area contributed by atoms with E-state index in [4.69, 9.17) is 5.73 Å². The third kappa shape index (κ3) is 5.66. The molecule has 2 heterocycles. The van der Waals surface area contributed by atoms with E-state index in [1.807, 2.05) is 11.2 Å². The molecule has 6 nitrogen and oxygen atoms in total. The summed E-state index contributed by atoms with van der Waals surface area (Å²) < 4.78 is 0. The van der Waals surface area contributed by atoms with Gasteiger partial charge in [0.15, 0.2) is 0 Å². The van der Waals surface area contributed by atoms with Gasteiger partial charge in [-0.3, -0.25) is 9.69 Å². The van der Waals surface area contributed by atoms with E-state index in [1.54, 1.807) is 24.0 Å². The maximum atomic E-state index is 12.2. The van der Waals surface area contributed by atoms with Gasteiger partial charge in [0.05, 0.1) is 6.54 Å². The molecule has 0 radical (unpaired) electrons. The average molecular weight is 337 g/mol. The summed E-state index contributed by atoms with van der Waals surface area (Å²) in [5.41, 5.74) is 5.71. The second-order valence-electron chi connectivity index (χ2n) is 6.02. The highest BCUT2D eigenvalue weighted by Gasteiger charge is 2.23. The fraction of sp³-hybridized carbons (Fsp3) is 0.688. The molecule has 0 spiro atoms. The standard InChI is InChI=1S/C16H27N5OS/c1-20(12-15-18-8-5-14(17)19-15)13-4-3-9-21(10-6-13)16(22)7-11-23-2/h5,8,13H,3-4,6-7,9-12H2,1-2H3,(H2,17,18,19). The predicted octanol–water partition coefficient (Wildman–Crippen LogP) is 1.62. The molecule has 1 aliphatic rings. The third-order valence-electron chi connectivity index (χ3n) is 4.31. The first-order chi connectivity index (χ1) is 11.1. The molecule has 2 N–H and O–H groups in total. The molecule has 7 heteroatoms. The molecule has 1 aromatic rings. The molecular weight excluding hydrogens is 310 g/mol. The van der Waals surface area contributed by atoms with Crippen LogP contribution in [0.5, 0.6) is 0 Å². The summed E-state index contributed by atoms with van der Waals surface area (Å²) in [5, 5.41) is 0. The number of amides is 1.